The Morgan fingerprint density at radius 3 is 3.00 bits per heavy atom. The van der Waals surface area contributed by atoms with Gasteiger partial charge in [0.15, 0.2) is 0 Å². The van der Waals surface area contributed by atoms with Gasteiger partial charge >= 0.3 is 0 Å². The summed E-state index contributed by atoms with van der Waals surface area (Å²) in [5, 5.41) is 1.23. The Bertz CT molecular complexity index is 413. The van der Waals surface area contributed by atoms with Gasteiger partial charge in [-0.05, 0) is 12.1 Å². The molecule has 92 valence electrons. The number of benzene rings is 1. The average molecular weight is 319 g/mol. The lowest BCUT2D eigenvalue weighted by Crippen LogP contribution is -2.46. The van der Waals surface area contributed by atoms with Crippen LogP contribution in [0.25, 0.3) is 0 Å². The second-order valence-electron chi connectivity index (χ2n) is 3.88. The Labute approximate surface area is 114 Å². The first-order valence-corrected chi connectivity index (χ1v) is 6.93. The van der Waals surface area contributed by atoms with Crippen molar-refractivity contribution >= 4 is 33.4 Å². The highest BCUT2D eigenvalue weighted by atomic mass is 79.9. The molecule has 0 bridgehead atoms. The normalized spacial score (nSPS) is 20.4. The van der Waals surface area contributed by atoms with Gasteiger partial charge in [0.2, 0.25) is 0 Å². The van der Waals surface area contributed by atoms with Crippen molar-refractivity contribution in [1.29, 1.82) is 0 Å². The van der Waals surface area contributed by atoms with Crippen LogP contribution in [0.2, 0.25) is 5.02 Å². The predicted molar refractivity (Wildman–Crippen MR) is 70.9 cm³/mol. The molecule has 1 heterocycles. The third-order valence-corrected chi connectivity index (χ3v) is 3.75. The van der Waals surface area contributed by atoms with Gasteiger partial charge in [0.1, 0.15) is 0 Å². The van der Waals surface area contributed by atoms with Gasteiger partial charge in [0.25, 0.3) is 5.91 Å². The molecule has 0 aromatic heterocycles. The maximum atomic E-state index is 12.3. The van der Waals surface area contributed by atoms with Crippen molar-refractivity contribution in [2.45, 2.75) is 6.10 Å². The number of amides is 1. The number of carbonyl (C=O) groups is 1. The number of ether oxygens (including phenoxy) is 1. The number of alkyl halides is 1. The Kier molecular flexibility index (Phi) is 4.42. The van der Waals surface area contributed by atoms with E-state index in [9.17, 15) is 4.79 Å². The minimum absolute atomic E-state index is 0.0233. The third-order valence-electron chi connectivity index (χ3n) is 2.70. The van der Waals surface area contributed by atoms with Crippen molar-refractivity contribution in [2.24, 2.45) is 0 Å². The molecule has 1 aromatic rings. The monoisotopic (exact) mass is 317 g/mol. The number of hydrogen-bond donors (Lipinski definition) is 0. The van der Waals surface area contributed by atoms with Gasteiger partial charge in [0, 0.05) is 18.4 Å². The van der Waals surface area contributed by atoms with Gasteiger partial charge in [-0.25, -0.2) is 0 Å². The molecule has 5 heteroatoms. The largest absolute Gasteiger partial charge is 0.374 e. The zero-order valence-electron chi connectivity index (χ0n) is 9.23. The molecule has 0 saturated carbocycles. The fourth-order valence-corrected chi connectivity index (χ4v) is 2.41. The maximum absolute atomic E-state index is 12.3. The molecular formula is C12H13BrClNO2. The Balaban J connectivity index is 2.12. The molecule has 0 N–H and O–H groups in total. The highest BCUT2D eigenvalue weighted by molar-refractivity contribution is 9.09. The highest BCUT2D eigenvalue weighted by Gasteiger charge is 2.25. The molecule has 2 rings (SSSR count). The van der Waals surface area contributed by atoms with Gasteiger partial charge in [-0.3, -0.25) is 4.79 Å². The van der Waals surface area contributed by atoms with Crippen LogP contribution in [0, 0.1) is 0 Å². The zero-order valence-corrected chi connectivity index (χ0v) is 11.6. The minimum atomic E-state index is -0.0233. The Morgan fingerprint density at radius 1 is 1.53 bits per heavy atom. The molecule has 0 radical (unpaired) electrons. The van der Waals surface area contributed by atoms with Gasteiger partial charge in [-0.2, -0.15) is 0 Å². The molecule has 1 aliphatic rings. The average Bonchev–Trinajstić information content (AvgIpc) is 2.38. The summed E-state index contributed by atoms with van der Waals surface area (Å²) in [6.45, 7) is 1.80. The van der Waals surface area contributed by atoms with Gasteiger partial charge in [-0.1, -0.05) is 39.7 Å². The zero-order chi connectivity index (χ0) is 12.3. The molecule has 3 nitrogen and oxygen atoms in total. The van der Waals surface area contributed by atoms with Crippen molar-refractivity contribution in [3.8, 4) is 0 Å². The van der Waals surface area contributed by atoms with Crippen LogP contribution in [-0.2, 0) is 4.74 Å². The molecule has 1 saturated heterocycles. The summed E-state index contributed by atoms with van der Waals surface area (Å²) in [5.74, 6) is -0.0233. The van der Waals surface area contributed by atoms with Gasteiger partial charge in [-0.15, -0.1) is 0 Å². The first-order chi connectivity index (χ1) is 8.22. The predicted octanol–water partition coefficient (Wildman–Crippen LogP) is 2.58. The summed E-state index contributed by atoms with van der Waals surface area (Å²) in [6, 6.07) is 7.13. The highest BCUT2D eigenvalue weighted by Crippen LogP contribution is 2.19. The van der Waals surface area contributed by atoms with Crippen LogP contribution < -0.4 is 0 Å². The second kappa shape index (κ2) is 5.85. The van der Waals surface area contributed by atoms with Crippen molar-refractivity contribution in [3.63, 3.8) is 0 Å². The van der Waals surface area contributed by atoms with Crippen LogP contribution in [-0.4, -0.2) is 41.9 Å². The molecule has 1 aliphatic heterocycles. The summed E-state index contributed by atoms with van der Waals surface area (Å²) >= 11 is 9.39. The van der Waals surface area contributed by atoms with Gasteiger partial charge in [0.05, 0.1) is 23.3 Å². The van der Waals surface area contributed by atoms with E-state index in [-0.39, 0.29) is 12.0 Å². The number of carbonyl (C=O) groups excluding carboxylic acids is 1. The summed E-state index contributed by atoms with van der Waals surface area (Å²) in [5.41, 5.74) is 0.560. The molecule has 1 aromatic carbocycles. The lowest BCUT2D eigenvalue weighted by atomic mass is 10.2. The van der Waals surface area contributed by atoms with E-state index >= 15 is 0 Å². The number of halogens is 2. The smallest absolute Gasteiger partial charge is 0.255 e. The molecule has 1 amide bonds. The second-order valence-corrected chi connectivity index (χ2v) is 4.93. The fourth-order valence-electron chi connectivity index (χ4n) is 1.80. The van der Waals surface area contributed by atoms with E-state index in [1.54, 1.807) is 17.0 Å². The van der Waals surface area contributed by atoms with E-state index in [1.165, 1.54) is 0 Å². The SMILES string of the molecule is O=C(c1ccccc1Cl)N1CCOC(CBr)C1. The fraction of sp³-hybridized carbons (Fsp3) is 0.417. The van der Waals surface area contributed by atoms with Crippen LogP contribution in [0.3, 0.4) is 0 Å². The number of morpholine rings is 1. The molecule has 1 atom stereocenters. The van der Waals surface area contributed by atoms with Crippen molar-refractivity contribution in [3.05, 3.63) is 34.9 Å². The van der Waals surface area contributed by atoms with Crippen LogP contribution in [0.4, 0.5) is 0 Å². The van der Waals surface area contributed by atoms with Crippen LogP contribution in [0.1, 0.15) is 10.4 Å². The maximum Gasteiger partial charge on any atom is 0.255 e. The number of nitrogens with zero attached hydrogens (tertiary/aromatic N) is 1. The summed E-state index contributed by atoms with van der Waals surface area (Å²) in [7, 11) is 0. The minimum Gasteiger partial charge on any atom is -0.374 e. The summed E-state index contributed by atoms with van der Waals surface area (Å²) in [4.78, 5) is 14.0. The quantitative estimate of drug-likeness (QED) is 0.784. The summed E-state index contributed by atoms with van der Waals surface area (Å²) < 4.78 is 5.50. The van der Waals surface area contributed by atoms with E-state index in [1.807, 2.05) is 12.1 Å². The lowest BCUT2D eigenvalue weighted by Gasteiger charge is -2.32. The Morgan fingerprint density at radius 2 is 2.29 bits per heavy atom. The van der Waals surface area contributed by atoms with E-state index in [4.69, 9.17) is 16.3 Å². The molecule has 0 aliphatic carbocycles. The first kappa shape index (κ1) is 12.9. The van der Waals surface area contributed by atoms with Gasteiger partial charge < -0.3 is 9.64 Å². The molecule has 1 unspecified atom stereocenters. The molecule has 0 spiro atoms. The number of hydrogen-bond acceptors (Lipinski definition) is 2. The third kappa shape index (κ3) is 3.00. The van der Waals surface area contributed by atoms with Crippen LogP contribution in [0.15, 0.2) is 24.3 Å². The standard InChI is InChI=1S/C12H13BrClNO2/c13-7-9-8-15(5-6-17-9)12(16)10-3-1-2-4-11(10)14/h1-4,9H,5-8H2. The van der Waals surface area contributed by atoms with E-state index < -0.39 is 0 Å². The van der Waals surface area contributed by atoms with Crippen LogP contribution in [0.5, 0.6) is 0 Å². The van der Waals surface area contributed by atoms with Crippen molar-refractivity contribution < 1.29 is 9.53 Å². The first-order valence-electron chi connectivity index (χ1n) is 5.43. The van der Waals surface area contributed by atoms with Crippen molar-refractivity contribution in [1.82, 2.24) is 4.90 Å². The van der Waals surface area contributed by atoms with E-state index in [0.29, 0.717) is 30.3 Å². The van der Waals surface area contributed by atoms with Crippen LogP contribution >= 0.6 is 27.5 Å². The summed E-state index contributed by atoms with van der Waals surface area (Å²) in [6.07, 6.45) is 0.0650. The molecule has 1 fully saturated rings. The topological polar surface area (TPSA) is 29.5 Å². The lowest BCUT2D eigenvalue weighted by molar-refractivity contribution is -0.00964. The van der Waals surface area contributed by atoms with Crippen molar-refractivity contribution in [2.75, 3.05) is 25.0 Å². The number of rotatable bonds is 2. The molecule has 17 heavy (non-hydrogen) atoms. The van der Waals surface area contributed by atoms with E-state index in [0.717, 1.165) is 5.33 Å². The molecular weight excluding hydrogens is 305 g/mol. The van der Waals surface area contributed by atoms with E-state index in [2.05, 4.69) is 15.9 Å². The Hall–Kier alpha value is -0.580.